The summed E-state index contributed by atoms with van der Waals surface area (Å²) in [5.74, 6) is -2.27. The standard InChI is InChI=1S/C17H13F3N2O4/c18-17(19,20)12-4-2-1-3-9(12)15(24)22-6-5-13-11(8-22)14(23)10(7-21-13)16(25)26/h1-4,7H,5-6,8H2,(H,21,23)(H,25,26). The number of pyridine rings is 1. The van der Waals surface area contributed by atoms with Crippen LogP contribution in [0.2, 0.25) is 0 Å². The molecule has 0 saturated carbocycles. The third-order valence-electron chi connectivity index (χ3n) is 4.23. The predicted molar refractivity (Wildman–Crippen MR) is 83.9 cm³/mol. The number of benzene rings is 1. The van der Waals surface area contributed by atoms with Crippen LogP contribution in [0.25, 0.3) is 0 Å². The minimum atomic E-state index is -4.69. The van der Waals surface area contributed by atoms with Gasteiger partial charge in [-0.1, -0.05) is 12.1 Å². The molecule has 9 heteroatoms. The van der Waals surface area contributed by atoms with Crippen molar-refractivity contribution in [2.24, 2.45) is 0 Å². The highest BCUT2D eigenvalue weighted by molar-refractivity contribution is 5.96. The maximum Gasteiger partial charge on any atom is 0.417 e. The average molecular weight is 366 g/mol. The lowest BCUT2D eigenvalue weighted by molar-refractivity contribution is -0.138. The van der Waals surface area contributed by atoms with Crippen LogP contribution < -0.4 is 5.43 Å². The van der Waals surface area contributed by atoms with Gasteiger partial charge in [-0.25, -0.2) is 4.79 Å². The number of halogens is 3. The zero-order valence-corrected chi connectivity index (χ0v) is 13.3. The third kappa shape index (κ3) is 3.07. The summed E-state index contributed by atoms with van der Waals surface area (Å²) in [6.45, 7) is -0.142. The van der Waals surface area contributed by atoms with Gasteiger partial charge in [0.15, 0.2) is 0 Å². The van der Waals surface area contributed by atoms with Crippen LogP contribution in [0.3, 0.4) is 0 Å². The smallest absolute Gasteiger partial charge is 0.417 e. The molecule has 0 fully saturated rings. The Kier molecular flexibility index (Phi) is 4.31. The first-order valence-electron chi connectivity index (χ1n) is 7.62. The number of alkyl halides is 3. The van der Waals surface area contributed by atoms with Gasteiger partial charge in [0.05, 0.1) is 17.7 Å². The monoisotopic (exact) mass is 366 g/mol. The normalized spacial score (nSPS) is 14.0. The average Bonchev–Trinajstić information content (AvgIpc) is 2.60. The van der Waals surface area contributed by atoms with Gasteiger partial charge >= 0.3 is 12.1 Å². The first-order valence-corrected chi connectivity index (χ1v) is 7.62. The number of aromatic nitrogens is 1. The van der Waals surface area contributed by atoms with E-state index >= 15 is 0 Å². The molecule has 0 radical (unpaired) electrons. The number of hydrogen-bond acceptors (Lipinski definition) is 3. The summed E-state index contributed by atoms with van der Waals surface area (Å²) in [6.07, 6.45) is -3.39. The van der Waals surface area contributed by atoms with Crippen LogP contribution in [0.4, 0.5) is 13.2 Å². The molecule has 1 aliphatic heterocycles. The van der Waals surface area contributed by atoms with Crippen molar-refractivity contribution in [2.45, 2.75) is 19.1 Å². The molecular formula is C17H13F3N2O4. The molecule has 1 aromatic heterocycles. The van der Waals surface area contributed by atoms with Crippen molar-refractivity contribution < 1.29 is 27.9 Å². The fourth-order valence-electron chi connectivity index (χ4n) is 2.94. The van der Waals surface area contributed by atoms with Crippen molar-refractivity contribution in [3.05, 3.63) is 68.6 Å². The van der Waals surface area contributed by atoms with Crippen molar-refractivity contribution >= 4 is 11.9 Å². The number of aromatic amines is 1. The fraction of sp³-hybridized carbons (Fsp3) is 0.235. The maximum atomic E-state index is 13.1. The van der Waals surface area contributed by atoms with Gasteiger partial charge in [-0.3, -0.25) is 9.59 Å². The summed E-state index contributed by atoms with van der Waals surface area (Å²) >= 11 is 0. The summed E-state index contributed by atoms with van der Waals surface area (Å²) in [4.78, 5) is 39.8. The number of carboxylic acids is 1. The molecule has 2 N–H and O–H groups in total. The molecule has 3 rings (SSSR count). The highest BCUT2D eigenvalue weighted by Gasteiger charge is 2.36. The predicted octanol–water partition coefficient (Wildman–Crippen LogP) is 2.29. The molecule has 0 unspecified atom stereocenters. The van der Waals surface area contributed by atoms with Crippen LogP contribution in [0.5, 0.6) is 0 Å². The SMILES string of the molecule is O=C(O)c1c[nH]c2c(c1=O)CN(C(=O)c1ccccc1C(F)(F)F)CC2. The fourth-order valence-corrected chi connectivity index (χ4v) is 2.94. The number of nitrogens with zero attached hydrogens (tertiary/aromatic N) is 1. The molecule has 2 heterocycles. The third-order valence-corrected chi connectivity index (χ3v) is 4.23. The van der Waals surface area contributed by atoms with Crippen LogP contribution in [0, 0.1) is 0 Å². The van der Waals surface area contributed by atoms with E-state index in [9.17, 15) is 27.6 Å². The Labute approximate surface area is 144 Å². The lowest BCUT2D eigenvalue weighted by Gasteiger charge is -2.29. The van der Waals surface area contributed by atoms with Gasteiger partial charge < -0.3 is 15.0 Å². The zero-order chi connectivity index (χ0) is 19.1. The summed E-state index contributed by atoms with van der Waals surface area (Å²) < 4.78 is 39.4. The Morgan fingerprint density at radius 1 is 1.15 bits per heavy atom. The minimum absolute atomic E-state index is 0.0778. The van der Waals surface area contributed by atoms with Crippen LogP contribution in [-0.2, 0) is 19.1 Å². The second-order valence-electron chi connectivity index (χ2n) is 5.81. The molecule has 0 bridgehead atoms. The summed E-state index contributed by atoms with van der Waals surface area (Å²) in [6, 6.07) is 4.42. The van der Waals surface area contributed by atoms with Gasteiger partial charge in [0.2, 0.25) is 5.43 Å². The Morgan fingerprint density at radius 3 is 2.50 bits per heavy atom. The van der Waals surface area contributed by atoms with Crippen LogP contribution >= 0.6 is 0 Å². The highest BCUT2D eigenvalue weighted by atomic mass is 19.4. The Bertz CT molecular complexity index is 950. The van der Waals surface area contributed by atoms with E-state index in [-0.39, 0.29) is 25.1 Å². The summed E-state index contributed by atoms with van der Waals surface area (Å²) in [5, 5.41) is 9.02. The molecular weight excluding hydrogens is 353 g/mol. The van der Waals surface area contributed by atoms with Gasteiger partial charge in [0.1, 0.15) is 5.56 Å². The Hall–Kier alpha value is -3.10. The number of amides is 1. The largest absolute Gasteiger partial charge is 0.477 e. The molecule has 2 aromatic rings. The van der Waals surface area contributed by atoms with E-state index in [4.69, 9.17) is 5.11 Å². The second-order valence-corrected chi connectivity index (χ2v) is 5.81. The summed E-state index contributed by atoms with van der Waals surface area (Å²) in [5.41, 5.74) is -2.22. The van der Waals surface area contributed by atoms with E-state index in [1.54, 1.807) is 0 Å². The van der Waals surface area contributed by atoms with Crippen molar-refractivity contribution in [3.8, 4) is 0 Å². The van der Waals surface area contributed by atoms with Gasteiger partial charge in [-0.15, -0.1) is 0 Å². The van der Waals surface area contributed by atoms with E-state index in [0.29, 0.717) is 5.69 Å². The molecule has 0 aliphatic carbocycles. The van der Waals surface area contributed by atoms with E-state index < -0.39 is 40.2 Å². The van der Waals surface area contributed by atoms with Gasteiger partial charge in [-0.2, -0.15) is 13.2 Å². The van der Waals surface area contributed by atoms with E-state index in [0.717, 1.165) is 23.2 Å². The second kappa shape index (κ2) is 6.32. The Balaban J connectivity index is 1.97. The number of carbonyl (C=O) groups is 2. The number of carboxylic acid groups (broad SMARTS) is 1. The number of aromatic carboxylic acids is 1. The van der Waals surface area contributed by atoms with Crippen molar-refractivity contribution in [3.63, 3.8) is 0 Å². The Morgan fingerprint density at radius 2 is 1.85 bits per heavy atom. The van der Waals surface area contributed by atoms with Crippen LogP contribution in [0.1, 0.15) is 37.5 Å². The minimum Gasteiger partial charge on any atom is -0.477 e. The molecule has 1 aromatic carbocycles. The highest BCUT2D eigenvalue weighted by Crippen LogP contribution is 2.32. The first-order chi connectivity index (χ1) is 12.2. The zero-order valence-electron chi connectivity index (χ0n) is 13.3. The van der Waals surface area contributed by atoms with Gasteiger partial charge in [0, 0.05) is 30.4 Å². The maximum absolute atomic E-state index is 13.1. The molecule has 26 heavy (non-hydrogen) atoms. The summed E-state index contributed by atoms with van der Waals surface area (Å²) in [7, 11) is 0. The number of carbonyl (C=O) groups excluding carboxylic acids is 1. The number of nitrogens with one attached hydrogen (secondary N) is 1. The van der Waals surface area contributed by atoms with Crippen molar-refractivity contribution in [1.82, 2.24) is 9.88 Å². The van der Waals surface area contributed by atoms with Crippen LogP contribution in [-0.4, -0.2) is 33.4 Å². The number of hydrogen-bond donors (Lipinski definition) is 2. The number of rotatable bonds is 2. The number of fused-ring (bicyclic) bond motifs is 1. The molecule has 136 valence electrons. The topological polar surface area (TPSA) is 90.5 Å². The van der Waals surface area contributed by atoms with E-state index in [1.165, 1.54) is 12.1 Å². The number of H-pyrrole nitrogens is 1. The molecule has 0 saturated heterocycles. The molecule has 1 amide bonds. The van der Waals surface area contributed by atoms with Gasteiger partial charge in [-0.05, 0) is 12.1 Å². The van der Waals surface area contributed by atoms with E-state index in [1.807, 2.05) is 0 Å². The first kappa shape index (κ1) is 17.7. The van der Waals surface area contributed by atoms with Crippen molar-refractivity contribution in [2.75, 3.05) is 6.54 Å². The lowest BCUT2D eigenvalue weighted by atomic mass is 10.0. The molecule has 6 nitrogen and oxygen atoms in total. The molecule has 0 spiro atoms. The quantitative estimate of drug-likeness (QED) is 0.853. The lowest BCUT2D eigenvalue weighted by Crippen LogP contribution is -2.40. The molecule has 1 aliphatic rings. The van der Waals surface area contributed by atoms with E-state index in [2.05, 4.69) is 4.98 Å². The van der Waals surface area contributed by atoms with Crippen molar-refractivity contribution in [1.29, 1.82) is 0 Å². The molecule has 0 atom stereocenters. The van der Waals surface area contributed by atoms with Gasteiger partial charge in [0.25, 0.3) is 5.91 Å². The van der Waals surface area contributed by atoms with Crippen LogP contribution in [0.15, 0.2) is 35.3 Å².